The lowest BCUT2D eigenvalue weighted by Crippen LogP contribution is -1.97. The van der Waals surface area contributed by atoms with Crippen LogP contribution in [-0.4, -0.2) is 21.0 Å². The summed E-state index contributed by atoms with van der Waals surface area (Å²) in [5.41, 5.74) is 0.715. The molecule has 0 bridgehead atoms. The summed E-state index contributed by atoms with van der Waals surface area (Å²) in [5, 5.41) is 9.67. The Bertz CT molecular complexity index is 819. The molecule has 0 aliphatic carbocycles. The van der Waals surface area contributed by atoms with Gasteiger partial charge in [-0.25, -0.2) is 14.8 Å². The minimum absolute atomic E-state index is 0.182. The van der Waals surface area contributed by atoms with Crippen LogP contribution in [0.5, 0.6) is 11.6 Å². The fourth-order valence-corrected chi connectivity index (χ4v) is 2.22. The van der Waals surface area contributed by atoms with E-state index in [0.717, 1.165) is 3.57 Å². The lowest BCUT2D eigenvalue weighted by molar-refractivity contribution is 0.0697. The predicted octanol–water partition coefficient (Wildman–Crippen LogP) is 3.72. The highest BCUT2D eigenvalue weighted by atomic mass is 127. The van der Waals surface area contributed by atoms with Crippen molar-refractivity contribution in [3.63, 3.8) is 0 Å². The standard InChI is InChI=1S/C15H9IN2O3/c16-10-2-4-11(5-3-10)21-14-12-6-1-9(15(19)20)7-13(12)17-8-18-14/h1-8H,(H,19,20). The Kier molecular flexibility index (Phi) is 3.70. The zero-order valence-corrected chi connectivity index (χ0v) is 12.8. The molecule has 0 aliphatic heterocycles. The summed E-state index contributed by atoms with van der Waals surface area (Å²) >= 11 is 2.21. The van der Waals surface area contributed by atoms with Crippen LogP contribution in [0, 0.1) is 3.57 Å². The number of benzene rings is 2. The van der Waals surface area contributed by atoms with Crippen molar-refractivity contribution in [3.8, 4) is 11.6 Å². The number of nitrogens with zero attached hydrogens (tertiary/aromatic N) is 2. The fraction of sp³-hybridized carbons (Fsp3) is 0. The maximum atomic E-state index is 11.0. The summed E-state index contributed by atoms with van der Waals surface area (Å²) < 4.78 is 6.85. The molecule has 0 amide bonds. The molecule has 1 N–H and O–H groups in total. The van der Waals surface area contributed by atoms with Gasteiger partial charge in [0, 0.05) is 3.57 Å². The van der Waals surface area contributed by atoms with Crippen molar-refractivity contribution < 1.29 is 14.6 Å². The van der Waals surface area contributed by atoms with Crippen LogP contribution in [-0.2, 0) is 0 Å². The third-order valence-electron chi connectivity index (χ3n) is 2.88. The SMILES string of the molecule is O=C(O)c1ccc2c(Oc3ccc(I)cc3)ncnc2c1. The third-order valence-corrected chi connectivity index (χ3v) is 3.59. The van der Waals surface area contributed by atoms with E-state index in [2.05, 4.69) is 32.6 Å². The lowest BCUT2D eigenvalue weighted by atomic mass is 10.1. The van der Waals surface area contributed by atoms with Crippen LogP contribution >= 0.6 is 22.6 Å². The van der Waals surface area contributed by atoms with Crippen LogP contribution in [0.1, 0.15) is 10.4 Å². The topological polar surface area (TPSA) is 72.3 Å². The van der Waals surface area contributed by atoms with Crippen molar-refractivity contribution in [2.24, 2.45) is 0 Å². The molecule has 0 atom stereocenters. The number of fused-ring (bicyclic) bond motifs is 1. The van der Waals surface area contributed by atoms with Crippen molar-refractivity contribution >= 4 is 39.5 Å². The van der Waals surface area contributed by atoms with Gasteiger partial charge in [-0.15, -0.1) is 0 Å². The summed E-state index contributed by atoms with van der Waals surface area (Å²) in [6.07, 6.45) is 1.36. The maximum Gasteiger partial charge on any atom is 0.335 e. The highest BCUT2D eigenvalue weighted by Gasteiger charge is 2.09. The van der Waals surface area contributed by atoms with E-state index in [1.54, 1.807) is 6.07 Å². The molecule has 0 radical (unpaired) electrons. The first-order valence-corrected chi connectivity index (χ1v) is 7.13. The Hall–Kier alpha value is -2.22. The van der Waals surface area contributed by atoms with Crippen LogP contribution in [0.4, 0.5) is 0 Å². The second-order valence-corrected chi connectivity index (χ2v) is 5.52. The minimum atomic E-state index is -0.990. The van der Waals surface area contributed by atoms with E-state index in [1.165, 1.54) is 18.5 Å². The number of hydrogen-bond acceptors (Lipinski definition) is 4. The average molecular weight is 392 g/mol. The Morgan fingerprint density at radius 3 is 2.57 bits per heavy atom. The van der Waals surface area contributed by atoms with E-state index in [-0.39, 0.29) is 5.56 Å². The molecule has 1 heterocycles. The Morgan fingerprint density at radius 1 is 1.10 bits per heavy atom. The van der Waals surface area contributed by atoms with Gasteiger partial charge in [0.15, 0.2) is 0 Å². The van der Waals surface area contributed by atoms with Crippen molar-refractivity contribution in [1.82, 2.24) is 9.97 Å². The first-order valence-electron chi connectivity index (χ1n) is 6.05. The number of rotatable bonds is 3. The molecule has 5 nitrogen and oxygen atoms in total. The molecule has 2 aromatic carbocycles. The molecule has 0 fully saturated rings. The molecule has 1 aromatic heterocycles. The minimum Gasteiger partial charge on any atom is -0.478 e. The van der Waals surface area contributed by atoms with Gasteiger partial charge in [-0.1, -0.05) is 0 Å². The largest absolute Gasteiger partial charge is 0.478 e. The first kappa shape index (κ1) is 13.7. The number of aromatic carboxylic acids is 1. The number of aromatic nitrogens is 2. The molecular weight excluding hydrogens is 383 g/mol. The van der Waals surface area contributed by atoms with Crippen LogP contribution < -0.4 is 4.74 Å². The normalized spacial score (nSPS) is 10.5. The molecule has 0 aliphatic rings. The van der Waals surface area contributed by atoms with Gasteiger partial charge in [0.25, 0.3) is 0 Å². The number of hydrogen-bond donors (Lipinski definition) is 1. The van der Waals surface area contributed by atoms with Gasteiger partial charge in [-0.2, -0.15) is 0 Å². The van der Waals surface area contributed by atoms with Crippen molar-refractivity contribution in [1.29, 1.82) is 0 Å². The van der Waals surface area contributed by atoms with E-state index in [4.69, 9.17) is 9.84 Å². The summed E-state index contributed by atoms with van der Waals surface area (Å²) in [6.45, 7) is 0. The second-order valence-electron chi connectivity index (χ2n) is 4.27. The fourth-order valence-electron chi connectivity index (χ4n) is 1.86. The van der Waals surface area contributed by atoms with Gasteiger partial charge in [-0.05, 0) is 65.1 Å². The molecule has 0 saturated heterocycles. The quantitative estimate of drug-likeness (QED) is 0.688. The second kappa shape index (κ2) is 5.65. The van der Waals surface area contributed by atoms with E-state index in [1.807, 2.05) is 24.3 Å². The van der Waals surface area contributed by atoms with E-state index < -0.39 is 5.97 Å². The summed E-state index contributed by atoms with van der Waals surface area (Å²) in [4.78, 5) is 19.2. The zero-order chi connectivity index (χ0) is 14.8. The highest BCUT2D eigenvalue weighted by Crippen LogP contribution is 2.27. The molecule has 104 valence electrons. The lowest BCUT2D eigenvalue weighted by Gasteiger charge is -2.07. The summed E-state index contributed by atoms with van der Waals surface area (Å²) in [7, 11) is 0. The van der Waals surface area contributed by atoms with Crippen molar-refractivity contribution in [2.75, 3.05) is 0 Å². The number of carboxylic acids is 1. The third kappa shape index (κ3) is 2.94. The molecule has 0 unspecified atom stereocenters. The summed E-state index contributed by atoms with van der Waals surface area (Å²) in [5.74, 6) is 0.0755. The monoisotopic (exact) mass is 392 g/mol. The summed E-state index contributed by atoms with van der Waals surface area (Å²) in [6, 6.07) is 12.2. The smallest absolute Gasteiger partial charge is 0.335 e. The molecule has 6 heteroatoms. The highest BCUT2D eigenvalue weighted by molar-refractivity contribution is 14.1. The van der Waals surface area contributed by atoms with Crippen LogP contribution in [0.25, 0.3) is 10.9 Å². The number of halogens is 1. The van der Waals surface area contributed by atoms with Gasteiger partial charge in [-0.3, -0.25) is 0 Å². The Morgan fingerprint density at radius 2 is 1.86 bits per heavy atom. The maximum absolute atomic E-state index is 11.0. The predicted molar refractivity (Wildman–Crippen MR) is 85.7 cm³/mol. The number of carboxylic acid groups (broad SMARTS) is 1. The van der Waals surface area contributed by atoms with Gasteiger partial charge in [0.2, 0.25) is 5.88 Å². The Labute approximate surface area is 133 Å². The van der Waals surface area contributed by atoms with Crippen LogP contribution in [0.3, 0.4) is 0 Å². The van der Waals surface area contributed by atoms with Gasteiger partial charge >= 0.3 is 5.97 Å². The molecule has 3 aromatic rings. The molecular formula is C15H9IN2O3. The van der Waals surface area contributed by atoms with Gasteiger partial charge in [0.1, 0.15) is 12.1 Å². The van der Waals surface area contributed by atoms with Gasteiger partial charge in [0.05, 0.1) is 16.5 Å². The molecule has 0 spiro atoms. The first-order chi connectivity index (χ1) is 10.1. The van der Waals surface area contributed by atoms with E-state index in [9.17, 15) is 4.79 Å². The number of carbonyl (C=O) groups is 1. The van der Waals surface area contributed by atoms with E-state index >= 15 is 0 Å². The average Bonchev–Trinajstić information content (AvgIpc) is 2.49. The van der Waals surface area contributed by atoms with Crippen molar-refractivity contribution in [3.05, 3.63) is 57.9 Å². The number of ether oxygens (including phenoxy) is 1. The Balaban J connectivity index is 2.02. The van der Waals surface area contributed by atoms with Crippen molar-refractivity contribution in [2.45, 2.75) is 0 Å². The van der Waals surface area contributed by atoms with Gasteiger partial charge < -0.3 is 9.84 Å². The molecule has 3 rings (SSSR count). The van der Waals surface area contributed by atoms with E-state index in [0.29, 0.717) is 22.5 Å². The van der Waals surface area contributed by atoms with Crippen LogP contribution in [0.2, 0.25) is 0 Å². The molecule has 0 saturated carbocycles. The molecule has 21 heavy (non-hydrogen) atoms. The van der Waals surface area contributed by atoms with Crippen LogP contribution in [0.15, 0.2) is 48.8 Å². The zero-order valence-electron chi connectivity index (χ0n) is 10.7.